The Morgan fingerprint density at radius 1 is 1.42 bits per heavy atom. The lowest BCUT2D eigenvalue weighted by Gasteiger charge is -2.29. The van der Waals surface area contributed by atoms with E-state index in [0.29, 0.717) is 4.90 Å². The summed E-state index contributed by atoms with van der Waals surface area (Å²) in [6, 6.07) is -3.07. The Balaban J connectivity index is 4.81. The fourth-order valence-corrected chi connectivity index (χ4v) is 1.30. The van der Waals surface area contributed by atoms with Crippen molar-refractivity contribution in [3.8, 4) is 0 Å². The highest BCUT2D eigenvalue weighted by atomic mass is 19.4. The van der Waals surface area contributed by atoms with E-state index in [9.17, 15) is 22.8 Å². The van der Waals surface area contributed by atoms with Gasteiger partial charge >= 0.3 is 18.2 Å². The van der Waals surface area contributed by atoms with E-state index < -0.39 is 36.8 Å². The predicted octanol–water partition coefficient (Wildman–Crippen LogP) is 2.00. The number of carbonyl (C=O) groups is 2. The number of hydrogen-bond donors (Lipinski definition) is 2. The van der Waals surface area contributed by atoms with Crippen molar-refractivity contribution in [2.45, 2.75) is 38.5 Å². The Kier molecular flexibility index (Phi) is 6.37. The second kappa shape index (κ2) is 7.01. The highest BCUT2D eigenvalue weighted by molar-refractivity contribution is 5.82. The van der Waals surface area contributed by atoms with E-state index >= 15 is 0 Å². The van der Waals surface area contributed by atoms with Gasteiger partial charge in [0.05, 0.1) is 0 Å². The summed E-state index contributed by atoms with van der Waals surface area (Å²) >= 11 is 0. The molecule has 0 aromatic heterocycles. The van der Waals surface area contributed by atoms with Gasteiger partial charge in [0, 0.05) is 6.04 Å². The number of hydrogen-bond acceptors (Lipinski definition) is 2. The first-order valence-electron chi connectivity index (χ1n) is 5.56. The van der Waals surface area contributed by atoms with Crippen LogP contribution in [0.25, 0.3) is 0 Å². The first kappa shape index (κ1) is 17.3. The molecule has 0 heterocycles. The molecule has 0 saturated heterocycles. The van der Waals surface area contributed by atoms with Gasteiger partial charge in [0.1, 0.15) is 12.6 Å². The van der Waals surface area contributed by atoms with Crippen LogP contribution in [-0.2, 0) is 4.79 Å². The molecule has 0 aliphatic rings. The van der Waals surface area contributed by atoms with Crippen molar-refractivity contribution in [1.82, 2.24) is 10.2 Å². The number of amides is 2. The topological polar surface area (TPSA) is 69.6 Å². The third-order valence-corrected chi connectivity index (χ3v) is 2.23. The monoisotopic (exact) mass is 282 g/mol. The van der Waals surface area contributed by atoms with Crippen LogP contribution in [0.3, 0.4) is 0 Å². The second-order valence-electron chi connectivity index (χ2n) is 4.20. The molecule has 110 valence electrons. The Morgan fingerprint density at radius 2 is 1.95 bits per heavy atom. The van der Waals surface area contributed by atoms with Gasteiger partial charge in [-0.3, -0.25) is 0 Å². The maximum absolute atomic E-state index is 12.3. The van der Waals surface area contributed by atoms with Gasteiger partial charge in [-0.1, -0.05) is 6.08 Å². The highest BCUT2D eigenvalue weighted by Gasteiger charge is 2.35. The molecule has 0 aromatic carbocycles. The van der Waals surface area contributed by atoms with Crippen molar-refractivity contribution in [1.29, 1.82) is 0 Å². The van der Waals surface area contributed by atoms with E-state index in [1.807, 2.05) is 5.32 Å². The molecule has 8 heteroatoms. The second-order valence-corrected chi connectivity index (χ2v) is 4.20. The molecule has 0 saturated carbocycles. The van der Waals surface area contributed by atoms with Crippen molar-refractivity contribution >= 4 is 12.0 Å². The number of carboxylic acid groups (broad SMARTS) is 1. The number of carbonyl (C=O) groups excluding carboxylic acids is 1. The normalized spacial score (nSPS) is 12.9. The molecule has 0 spiro atoms. The third-order valence-electron chi connectivity index (χ3n) is 2.23. The zero-order chi connectivity index (χ0) is 15.2. The van der Waals surface area contributed by atoms with E-state index in [1.54, 1.807) is 0 Å². The van der Waals surface area contributed by atoms with Crippen LogP contribution in [0.5, 0.6) is 0 Å². The fraction of sp³-hybridized carbons (Fsp3) is 0.636. The molecule has 0 rings (SSSR count). The van der Waals surface area contributed by atoms with Crippen molar-refractivity contribution in [3.63, 3.8) is 0 Å². The largest absolute Gasteiger partial charge is 0.480 e. The lowest BCUT2D eigenvalue weighted by atomic mass is 10.2. The SMILES string of the molecule is C=CCC(NC(=O)N(CC(F)(F)F)C(C)C)C(=O)O. The number of nitrogens with zero attached hydrogens (tertiary/aromatic N) is 1. The Morgan fingerprint density at radius 3 is 2.26 bits per heavy atom. The smallest absolute Gasteiger partial charge is 0.406 e. The molecule has 0 aliphatic heterocycles. The molecule has 1 unspecified atom stereocenters. The van der Waals surface area contributed by atoms with Gasteiger partial charge in [-0.05, 0) is 20.3 Å². The summed E-state index contributed by atoms with van der Waals surface area (Å²) in [5, 5.41) is 10.8. The van der Waals surface area contributed by atoms with Crippen LogP contribution < -0.4 is 5.32 Å². The minimum Gasteiger partial charge on any atom is -0.480 e. The van der Waals surface area contributed by atoms with E-state index in [4.69, 9.17) is 5.11 Å². The number of nitrogens with one attached hydrogen (secondary N) is 1. The lowest BCUT2D eigenvalue weighted by molar-refractivity contribution is -0.143. The number of alkyl halides is 3. The summed E-state index contributed by atoms with van der Waals surface area (Å²) in [5.74, 6) is -1.33. The van der Waals surface area contributed by atoms with Gasteiger partial charge in [0.2, 0.25) is 0 Å². The van der Waals surface area contributed by atoms with E-state index in [1.165, 1.54) is 19.9 Å². The van der Waals surface area contributed by atoms with Gasteiger partial charge in [-0.15, -0.1) is 6.58 Å². The quantitative estimate of drug-likeness (QED) is 0.732. The fourth-order valence-electron chi connectivity index (χ4n) is 1.30. The van der Waals surface area contributed by atoms with Crippen LogP contribution in [0.15, 0.2) is 12.7 Å². The molecular weight excluding hydrogens is 265 g/mol. The molecular formula is C11H17F3N2O3. The molecule has 19 heavy (non-hydrogen) atoms. The lowest BCUT2D eigenvalue weighted by Crippen LogP contribution is -2.52. The zero-order valence-corrected chi connectivity index (χ0v) is 10.7. The summed E-state index contributed by atoms with van der Waals surface area (Å²) in [7, 11) is 0. The van der Waals surface area contributed by atoms with Crippen LogP contribution in [0, 0.1) is 0 Å². The number of rotatable bonds is 6. The van der Waals surface area contributed by atoms with Crippen LogP contribution in [0.1, 0.15) is 20.3 Å². The Hall–Kier alpha value is -1.73. The predicted molar refractivity (Wildman–Crippen MR) is 62.7 cm³/mol. The molecule has 0 radical (unpaired) electrons. The molecule has 1 atom stereocenters. The molecule has 0 aromatic rings. The molecule has 0 fully saturated rings. The average molecular weight is 282 g/mol. The summed E-state index contributed by atoms with van der Waals surface area (Å²) in [6.07, 6.45) is -3.35. The maximum atomic E-state index is 12.3. The number of aliphatic carboxylic acids is 1. The van der Waals surface area contributed by atoms with Crippen molar-refractivity contribution in [2.24, 2.45) is 0 Å². The van der Waals surface area contributed by atoms with Gasteiger partial charge < -0.3 is 15.3 Å². The van der Waals surface area contributed by atoms with Crippen molar-refractivity contribution < 1.29 is 27.9 Å². The Bertz CT molecular complexity index is 343. The molecule has 2 amide bonds. The van der Waals surface area contributed by atoms with Gasteiger partial charge in [0.15, 0.2) is 0 Å². The average Bonchev–Trinajstić information content (AvgIpc) is 2.23. The molecule has 5 nitrogen and oxygen atoms in total. The maximum Gasteiger partial charge on any atom is 0.406 e. The standard InChI is InChI=1S/C11H17F3N2O3/c1-4-5-8(9(17)18)15-10(19)16(7(2)3)6-11(12,13)14/h4,7-8H,1,5-6H2,2-3H3,(H,15,19)(H,17,18). The number of urea groups is 1. The van der Waals surface area contributed by atoms with Gasteiger partial charge in [-0.25, -0.2) is 9.59 Å². The van der Waals surface area contributed by atoms with E-state index in [-0.39, 0.29) is 6.42 Å². The Labute approximate surface area is 109 Å². The minimum absolute atomic E-state index is 0.0704. The summed E-state index contributed by atoms with van der Waals surface area (Å²) < 4.78 is 36.9. The summed E-state index contributed by atoms with van der Waals surface area (Å²) in [4.78, 5) is 23.0. The van der Waals surface area contributed by atoms with Gasteiger partial charge in [-0.2, -0.15) is 13.2 Å². The van der Waals surface area contributed by atoms with Crippen LogP contribution >= 0.6 is 0 Å². The van der Waals surface area contributed by atoms with E-state index in [0.717, 1.165) is 0 Å². The third kappa shape index (κ3) is 6.68. The highest BCUT2D eigenvalue weighted by Crippen LogP contribution is 2.18. The summed E-state index contributed by atoms with van der Waals surface area (Å²) in [6.45, 7) is 4.71. The van der Waals surface area contributed by atoms with Crippen LogP contribution in [-0.4, -0.2) is 46.8 Å². The van der Waals surface area contributed by atoms with Crippen molar-refractivity contribution in [2.75, 3.05) is 6.54 Å². The molecule has 0 bridgehead atoms. The van der Waals surface area contributed by atoms with Crippen LogP contribution in [0.2, 0.25) is 0 Å². The number of halogens is 3. The molecule has 0 aliphatic carbocycles. The first-order chi connectivity index (χ1) is 8.58. The van der Waals surface area contributed by atoms with Gasteiger partial charge in [0.25, 0.3) is 0 Å². The zero-order valence-electron chi connectivity index (χ0n) is 10.7. The first-order valence-corrected chi connectivity index (χ1v) is 5.56. The molecule has 2 N–H and O–H groups in total. The van der Waals surface area contributed by atoms with E-state index in [2.05, 4.69) is 6.58 Å². The number of carboxylic acids is 1. The van der Waals surface area contributed by atoms with Crippen molar-refractivity contribution in [3.05, 3.63) is 12.7 Å². The van der Waals surface area contributed by atoms with Crippen LogP contribution in [0.4, 0.5) is 18.0 Å². The minimum atomic E-state index is -4.54. The summed E-state index contributed by atoms with van der Waals surface area (Å²) in [5.41, 5.74) is 0.